The van der Waals surface area contributed by atoms with Gasteiger partial charge in [-0.05, 0) is 41.5 Å². The van der Waals surface area contributed by atoms with Crippen LogP contribution in [0.5, 0.6) is 0 Å². The molecule has 4 aromatic rings. The van der Waals surface area contributed by atoms with Crippen molar-refractivity contribution in [2.45, 2.75) is 19.3 Å². The van der Waals surface area contributed by atoms with Gasteiger partial charge in [-0.2, -0.15) is 0 Å². The second kappa shape index (κ2) is 8.65. The molecule has 1 aromatic heterocycles. The van der Waals surface area contributed by atoms with Crippen LogP contribution in [0.4, 0.5) is 10.2 Å². The lowest BCUT2D eigenvalue weighted by Gasteiger charge is -2.08. The summed E-state index contributed by atoms with van der Waals surface area (Å²) in [6, 6.07) is 24.4. The number of amides is 1. The van der Waals surface area contributed by atoms with Crippen LogP contribution >= 0.6 is 0 Å². The fourth-order valence-corrected chi connectivity index (χ4v) is 3.41. The van der Waals surface area contributed by atoms with Crippen molar-refractivity contribution >= 4 is 22.5 Å². The number of carbonyl (C=O) groups is 1. The zero-order valence-corrected chi connectivity index (χ0v) is 15.9. The van der Waals surface area contributed by atoms with Crippen molar-refractivity contribution in [2.24, 2.45) is 0 Å². The number of pyridine rings is 1. The molecular formula is C25H21FN2O. The summed E-state index contributed by atoms with van der Waals surface area (Å²) in [4.78, 5) is 16.6. The Labute approximate surface area is 169 Å². The van der Waals surface area contributed by atoms with E-state index in [4.69, 9.17) is 0 Å². The Morgan fingerprint density at radius 2 is 1.66 bits per heavy atom. The lowest BCUT2D eigenvalue weighted by Crippen LogP contribution is -2.12. The zero-order valence-electron chi connectivity index (χ0n) is 15.9. The Balaban J connectivity index is 1.33. The molecule has 0 unspecified atom stereocenters. The monoisotopic (exact) mass is 384 g/mol. The number of aromatic nitrogens is 1. The largest absolute Gasteiger partial charge is 0.310 e. The van der Waals surface area contributed by atoms with E-state index in [0.29, 0.717) is 17.8 Å². The van der Waals surface area contributed by atoms with Gasteiger partial charge in [0.2, 0.25) is 5.91 Å². The van der Waals surface area contributed by atoms with Gasteiger partial charge >= 0.3 is 0 Å². The molecule has 144 valence electrons. The van der Waals surface area contributed by atoms with Crippen LogP contribution in [0, 0.1) is 5.82 Å². The predicted octanol–water partition coefficient (Wildman–Crippen LogP) is 6.00. The highest BCUT2D eigenvalue weighted by Gasteiger charge is 2.08. The molecule has 0 saturated carbocycles. The summed E-state index contributed by atoms with van der Waals surface area (Å²) in [5.41, 5.74) is 2.58. The van der Waals surface area contributed by atoms with Gasteiger partial charge in [-0.25, -0.2) is 9.37 Å². The molecule has 0 aliphatic heterocycles. The van der Waals surface area contributed by atoms with E-state index in [0.717, 1.165) is 34.7 Å². The van der Waals surface area contributed by atoms with Gasteiger partial charge in [0, 0.05) is 23.6 Å². The van der Waals surface area contributed by atoms with Gasteiger partial charge in [0.05, 0.1) is 0 Å². The first-order valence-electron chi connectivity index (χ1n) is 9.68. The molecule has 0 atom stereocenters. The molecule has 1 amide bonds. The Morgan fingerprint density at radius 1 is 0.897 bits per heavy atom. The minimum atomic E-state index is -0.223. The van der Waals surface area contributed by atoms with E-state index >= 15 is 0 Å². The van der Waals surface area contributed by atoms with Crippen LogP contribution in [0.2, 0.25) is 0 Å². The van der Waals surface area contributed by atoms with Crippen molar-refractivity contribution in [2.75, 3.05) is 5.32 Å². The summed E-state index contributed by atoms with van der Waals surface area (Å²) >= 11 is 0. The van der Waals surface area contributed by atoms with Crippen molar-refractivity contribution in [3.63, 3.8) is 0 Å². The Hall–Kier alpha value is -3.53. The molecule has 0 aliphatic rings. The molecule has 0 spiro atoms. The van der Waals surface area contributed by atoms with E-state index < -0.39 is 0 Å². The van der Waals surface area contributed by atoms with Crippen LogP contribution in [0.15, 0.2) is 85.1 Å². The number of anilines is 1. The fourth-order valence-electron chi connectivity index (χ4n) is 3.41. The number of carbonyl (C=O) groups excluding carboxylic acids is 1. The Kier molecular flexibility index (Phi) is 5.61. The third-order valence-electron chi connectivity index (χ3n) is 4.94. The number of aryl methyl sites for hydroxylation is 1. The number of hydrogen-bond donors (Lipinski definition) is 1. The van der Waals surface area contributed by atoms with E-state index in [1.54, 1.807) is 18.3 Å². The van der Waals surface area contributed by atoms with Crippen LogP contribution in [0.3, 0.4) is 0 Å². The van der Waals surface area contributed by atoms with Gasteiger partial charge in [-0.3, -0.25) is 4.79 Å². The lowest BCUT2D eigenvalue weighted by atomic mass is 10.0. The van der Waals surface area contributed by atoms with E-state index in [-0.39, 0.29) is 11.7 Å². The molecular weight excluding hydrogens is 363 g/mol. The molecule has 3 nitrogen and oxygen atoms in total. The van der Waals surface area contributed by atoms with E-state index in [9.17, 15) is 9.18 Å². The van der Waals surface area contributed by atoms with Crippen molar-refractivity contribution in [3.05, 3.63) is 96.4 Å². The summed E-state index contributed by atoms with van der Waals surface area (Å²) in [5.74, 6) is 0.332. The van der Waals surface area contributed by atoms with E-state index in [1.807, 2.05) is 60.7 Å². The lowest BCUT2D eigenvalue weighted by molar-refractivity contribution is -0.116. The second-order valence-corrected chi connectivity index (χ2v) is 6.96. The normalized spacial score (nSPS) is 10.8. The first kappa shape index (κ1) is 18.8. The highest BCUT2D eigenvalue weighted by atomic mass is 19.1. The number of nitrogens with one attached hydrogen (secondary N) is 1. The molecule has 4 heteroatoms. The van der Waals surface area contributed by atoms with Crippen LogP contribution in [0.1, 0.15) is 18.4 Å². The highest BCUT2D eigenvalue weighted by molar-refractivity contribution is 6.00. The fraction of sp³-hybridized carbons (Fsp3) is 0.120. The third-order valence-corrected chi connectivity index (χ3v) is 4.94. The molecule has 29 heavy (non-hydrogen) atoms. The minimum absolute atomic E-state index is 0.0446. The SMILES string of the molecule is O=C(CCCc1ccc(-c2ccccc2F)cc1)Nc1nccc2ccccc12. The highest BCUT2D eigenvalue weighted by Crippen LogP contribution is 2.23. The van der Waals surface area contributed by atoms with Crippen molar-refractivity contribution in [3.8, 4) is 11.1 Å². The van der Waals surface area contributed by atoms with Crippen LogP contribution < -0.4 is 5.32 Å². The van der Waals surface area contributed by atoms with Crippen molar-refractivity contribution in [1.82, 2.24) is 4.98 Å². The summed E-state index contributed by atoms with van der Waals surface area (Å²) in [6.07, 6.45) is 3.64. The number of rotatable bonds is 6. The summed E-state index contributed by atoms with van der Waals surface area (Å²) in [5, 5.41) is 4.90. The first-order chi connectivity index (χ1) is 14.2. The molecule has 0 saturated heterocycles. The van der Waals surface area contributed by atoms with Gasteiger partial charge in [-0.15, -0.1) is 0 Å². The summed E-state index contributed by atoms with van der Waals surface area (Å²) < 4.78 is 13.9. The second-order valence-electron chi connectivity index (χ2n) is 6.96. The molecule has 1 N–H and O–H groups in total. The maximum absolute atomic E-state index is 13.9. The molecule has 0 aliphatic carbocycles. The van der Waals surface area contributed by atoms with Crippen molar-refractivity contribution < 1.29 is 9.18 Å². The van der Waals surface area contributed by atoms with Gasteiger partial charge in [0.25, 0.3) is 0 Å². The average Bonchev–Trinajstić information content (AvgIpc) is 2.75. The first-order valence-corrected chi connectivity index (χ1v) is 9.68. The number of nitrogens with zero attached hydrogens (tertiary/aromatic N) is 1. The molecule has 1 heterocycles. The predicted molar refractivity (Wildman–Crippen MR) is 115 cm³/mol. The van der Waals surface area contributed by atoms with E-state index in [1.165, 1.54) is 6.07 Å². The van der Waals surface area contributed by atoms with Gasteiger partial charge in [0.1, 0.15) is 11.6 Å². The van der Waals surface area contributed by atoms with Crippen LogP contribution in [0.25, 0.3) is 21.9 Å². The van der Waals surface area contributed by atoms with Gasteiger partial charge in [0.15, 0.2) is 0 Å². The topological polar surface area (TPSA) is 42.0 Å². The molecule has 0 radical (unpaired) electrons. The zero-order chi connectivity index (χ0) is 20.1. The third kappa shape index (κ3) is 4.49. The average molecular weight is 384 g/mol. The van der Waals surface area contributed by atoms with E-state index in [2.05, 4.69) is 10.3 Å². The molecule has 3 aromatic carbocycles. The number of benzene rings is 3. The Morgan fingerprint density at radius 3 is 2.48 bits per heavy atom. The molecule has 0 bridgehead atoms. The number of fused-ring (bicyclic) bond motifs is 1. The number of halogens is 1. The maximum Gasteiger partial charge on any atom is 0.225 e. The molecule has 0 fully saturated rings. The van der Waals surface area contributed by atoms with Gasteiger partial charge < -0.3 is 5.32 Å². The summed E-state index contributed by atoms with van der Waals surface area (Å²) in [6.45, 7) is 0. The van der Waals surface area contributed by atoms with Crippen LogP contribution in [-0.2, 0) is 11.2 Å². The minimum Gasteiger partial charge on any atom is -0.310 e. The van der Waals surface area contributed by atoms with Gasteiger partial charge in [-0.1, -0.05) is 66.7 Å². The standard InChI is InChI=1S/C25H21FN2O/c26-23-10-4-3-8-21(23)20-14-12-18(13-15-20)6-5-11-24(29)28-25-22-9-2-1-7-19(22)16-17-27-25/h1-4,7-10,12-17H,5-6,11H2,(H,27,28,29). The summed E-state index contributed by atoms with van der Waals surface area (Å²) in [7, 11) is 0. The maximum atomic E-state index is 13.9. The quantitative estimate of drug-likeness (QED) is 0.443. The number of hydrogen-bond acceptors (Lipinski definition) is 2. The Bertz CT molecular complexity index is 1130. The van der Waals surface area contributed by atoms with Crippen LogP contribution in [-0.4, -0.2) is 10.9 Å². The van der Waals surface area contributed by atoms with Crippen molar-refractivity contribution in [1.29, 1.82) is 0 Å². The molecule has 4 rings (SSSR count). The smallest absolute Gasteiger partial charge is 0.225 e.